The largest absolute Gasteiger partial charge is 0.317 e. The van der Waals surface area contributed by atoms with Crippen molar-refractivity contribution >= 4 is 38.9 Å². The summed E-state index contributed by atoms with van der Waals surface area (Å²) in [7, 11) is -4.15. The van der Waals surface area contributed by atoms with Gasteiger partial charge in [-0.3, -0.25) is 9.10 Å². The van der Waals surface area contributed by atoms with E-state index in [1.807, 2.05) is 6.92 Å². The Labute approximate surface area is 213 Å². The topological polar surface area (TPSA) is 66.5 Å². The molecule has 0 aliphatic carbocycles. The van der Waals surface area contributed by atoms with Gasteiger partial charge in [-0.1, -0.05) is 59.6 Å². The number of nitrogens with zero attached hydrogens (tertiary/aromatic N) is 1. The van der Waals surface area contributed by atoms with Gasteiger partial charge in [-0.05, 0) is 61.0 Å². The standard InChI is InChI=1S/C27H21ClF2N2O3S/c1-18-9-15-21(16-10-18)36(34,35)32(17-19-11-13-20(28)14-12-19)25-8-3-2-5-22(25)27(33)31-26-23(29)6-4-7-24(26)30/h2-16H,17H2,1H3,(H,31,33). The molecule has 5 nitrogen and oxygen atoms in total. The zero-order valence-electron chi connectivity index (χ0n) is 19.1. The van der Waals surface area contributed by atoms with Crippen LogP contribution in [-0.2, 0) is 16.6 Å². The summed E-state index contributed by atoms with van der Waals surface area (Å²) in [6, 6.07) is 22.1. The van der Waals surface area contributed by atoms with E-state index in [0.717, 1.165) is 22.0 Å². The molecule has 0 bridgehead atoms. The molecule has 4 aromatic rings. The number of carbonyl (C=O) groups excluding carboxylic acids is 1. The van der Waals surface area contributed by atoms with E-state index in [9.17, 15) is 22.0 Å². The van der Waals surface area contributed by atoms with E-state index < -0.39 is 33.3 Å². The molecule has 0 atom stereocenters. The Kier molecular flexibility index (Phi) is 7.37. The second-order valence-electron chi connectivity index (χ2n) is 8.02. The number of aryl methyl sites for hydroxylation is 1. The zero-order valence-corrected chi connectivity index (χ0v) is 20.7. The number of rotatable bonds is 7. The van der Waals surface area contributed by atoms with E-state index in [-0.39, 0.29) is 22.7 Å². The molecule has 0 unspecified atom stereocenters. The van der Waals surface area contributed by atoms with Gasteiger partial charge >= 0.3 is 0 Å². The van der Waals surface area contributed by atoms with Crippen molar-refractivity contribution in [1.82, 2.24) is 0 Å². The predicted octanol–water partition coefficient (Wildman–Crippen LogP) is 6.57. The minimum absolute atomic E-state index is 0.0254. The first-order valence-electron chi connectivity index (χ1n) is 10.8. The summed E-state index contributed by atoms with van der Waals surface area (Å²) in [6.45, 7) is 1.72. The highest BCUT2D eigenvalue weighted by atomic mass is 35.5. The third-order valence-electron chi connectivity index (χ3n) is 5.47. The molecule has 1 amide bonds. The Morgan fingerprint density at radius 1 is 0.861 bits per heavy atom. The van der Waals surface area contributed by atoms with Crippen LogP contribution in [0.15, 0.2) is 95.9 Å². The molecule has 0 fully saturated rings. The number of benzene rings is 4. The third kappa shape index (κ3) is 5.40. The van der Waals surface area contributed by atoms with Crippen LogP contribution in [0.3, 0.4) is 0 Å². The van der Waals surface area contributed by atoms with Crippen LogP contribution in [0.5, 0.6) is 0 Å². The van der Waals surface area contributed by atoms with E-state index >= 15 is 0 Å². The number of anilines is 2. The predicted molar refractivity (Wildman–Crippen MR) is 137 cm³/mol. The van der Waals surface area contributed by atoms with Gasteiger partial charge in [0, 0.05) is 5.02 Å². The Morgan fingerprint density at radius 2 is 1.47 bits per heavy atom. The molecule has 0 saturated heterocycles. The monoisotopic (exact) mass is 526 g/mol. The van der Waals surface area contributed by atoms with Crippen molar-refractivity contribution < 1.29 is 22.0 Å². The van der Waals surface area contributed by atoms with Crippen molar-refractivity contribution in [1.29, 1.82) is 0 Å². The van der Waals surface area contributed by atoms with Crippen LogP contribution in [0.2, 0.25) is 5.02 Å². The lowest BCUT2D eigenvalue weighted by atomic mass is 10.1. The third-order valence-corrected chi connectivity index (χ3v) is 7.49. The number of para-hydroxylation sites is 2. The molecular formula is C27H21ClF2N2O3S. The van der Waals surface area contributed by atoms with Gasteiger partial charge in [0.15, 0.2) is 0 Å². The number of halogens is 3. The van der Waals surface area contributed by atoms with Gasteiger partial charge in [0.05, 0.1) is 22.7 Å². The maximum Gasteiger partial charge on any atom is 0.264 e. The van der Waals surface area contributed by atoms with Gasteiger partial charge in [0.2, 0.25) is 0 Å². The number of carbonyl (C=O) groups is 1. The zero-order chi connectivity index (χ0) is 25.9. The van der Waals surface area contributed by atoms with Crippen molar-refractivity contribution in [2.24, 2.45) is 0 Å². The van der Waals surface area contributed by atoms with E-state index in [2.05, 4.69) is 5.32 Å². The average molecular weight is 527 g/mol. The first kappa shape index (κ1) is 25.3. The molecule has 0 aromatic heterocycles. The maximum absolute atomic E-state index is 14.2. The van der Waals surface area contributed by atoms with Crippen molar-refractivity contribution in [3.05, 3.63) is 124 Å². The lowest BCUT2D eigenvalue weighted by molar-refractivity contribution is 0.102. The van der Waals surface area contributed by atoms with Gasteiger partial charge in [-0.15, -0.1) is 0 Å². The molecule has 9 heteroatoms. The molecule has 36 heavy (non-hydrogen) atoms. The lowest BCUT2D eigenvalue weighted by Gasteiger charge is -2.27. The fourth-order valence-corrected chi connectivity index (χ4v) is 5.17. The Hall–Kier alpha value is -3.75. The van der Waals surface area contributed by atoms with Crippen LogP contribution in [0.1, 0.15) is 21.5 Å². The number of sulfonamides is 1. The van der Waals surface area contributed by atoms with Gasteiger partial charge in [0.25, 0.3) is 15.9 Å². The minimum atomic E-state index is -4.15. The number of hydrogen-bond acceptors (Lipinski definition) is 3. The quantitative estimate of drug-likeness (QED) is 0.296. The normalized spacial score (nSPS) is 11.2. The highest BCUT2D eigenvalue weighted by molar-refractivity contribution is 7.92. The second-order valence-corrected chi connectivity index (χ2v) is 10.3. The highest BCUT2D eigenvalue weighted by Gasteiger charge is 2.29. The Morgan fingerprint density at radius 3 is 2.11 bits per heavy atom. The Bertz CT molecular complexity index is 1490. The fraction of sp³-hybridized carbons (Fsp3) is 0.0741. The van der Waals surface area contributed by atoms with Crippen LogP contribution in [0, 0.1) is 18.6 Å². The lowest BCUT2D eigenvalue weighted by Crippen LogP contribution is -2.32. The maximum atomic E-state index is 14.2. The van der Waals surface area contributed by atoms with Crippen LogP contribution in [0.25, 0.3) is 0 Å². The van der Waals surface area contributed by atoms with Crippen molar-refractivity contribution in [2.45, 2.75) is 18.4 Å². The van der Waals surface area contributed by atoms with Crippen LogP contribution in [0.4, 0.5) is 20.2 Å². The van der Waals surface area contributed by atoms with E-state index in [1.165, 1.54) is 36.4 Å². The molecule has 184 valence electrons. The van der Waals surface area contributed by atoms with E-state index in [0.29, 0.717) is 10.6 Å². The van der Waals surface area contributed by atoms with Crippen LogP contribution >= 0.6 is 11.6 Å². The first-order valence-corrected chi connectivity index (χ1v) is 12.7. The van der Waals surface area contributed by atoms with Gasteiger partial charge in [-0.2, -0.15) is 0 Å². The van der Waals surface area contributed by atoms with Gasteiger partial charge in [-0.25, -0.2) is 17.2 Å². The van der Waals surface area contributed by atoms with Gasteiger partial charge < -0.3 is 5.32 Å². The summed E-state index contributed by atoms with van der Waals surface area (Å²) in [4.78, 5) is 13.2. The molecule has 4 aromatic carbocycles. The molecule has 0 aliphatic rings. The number of nitrogens with one attached hydrogen (secondary N) is 1. The summed E-state index contributed by atoms with van der Waals surface area (Å²) in [5, 5.41) is 2.72. The van der Waals surface area contributed by atoms with Gasteiger partial charge in [0.1, 0.15) is 17.3 Å². The van der Waals surface area contributed by atoms with Crippen LogP contribution in [-0.4, -0.2) is 14.3 Å². The van der Waals surface area contributed by atoms with E-state index in [4.69, 9.17) is 11.6 Å². The van der Waals surface area contributed by atoms with E-state index in [1.54, 1.807) is 42.5 Å². The highest BCUT2D eigenvalue weighted by Crippen LogP contribution is 2.31. The fourth-order valence-electron chi connectivity index (χ4n) is 3.57. The summed E-state index contributed by atoms with van der Waals surface area (Å²) >= 11 is 5.99. The number of amides is 1. The average Bonchev–Trinajstić information content (AvgIpc) is 2.86. The molecule has 0 saturated carbocycles. The summed E-state index contributed by atoms with van der Waals surface area (Å²) in [5.74, 6) is -2.77. The smallest absolute Gasteiger partial charge is 0.264 e. The second kappa shape index (κ2) is 10.5. The Balaban J connectivity index is 1.81. The van der Waals surface area contributed by atoms with Crippen molar-refractivity contribution in [3.63, 3.8) is 0 Å². The molecule has 0 aliphatic heterocycles. The summed E-state index contributed by atoms with van der Waals surface area (Å²) in [5.41, 5.74) is 0.838. The van der Waals surface area contributed by atoms with Crippen molar-refractivity contribution in [2.75, 3.05) is 9.62 Å². The SMILES string of the molecule is Cc1ccc(S(=O)(=O)N(Cc2ccc(Cl)cc2)c2ccccc2C(=O)Nc2c(F)cccc2F)cc1. The molecule has 0 spiro atoms. The molecule has 1 N–H and O–H groups in total. The molecule has 4 rings (SSSR count). The molecule has 0 heterocycles. The number of hydrogen-bond donors (Lipinski definition) is 1. The molecular weight excluding hydrogens is 506 g/mol. The minimum Gasteiger partial charge on any atom is -0.317 e. The molecule has 0 radical (unpaired) electrons. The van der Waals surface area contributed by atoms with Crippen molar-refractivity contribution in [3.8, 4) is 0 Å². The summed E-state index contributed by atoms with van der Waals surface area (Å²) in [6.07, 6.45) is 0. The van der Waals surface area contributed by atoms with Crippen LogP contribution < -0.4 is 9.62 Å². The first-order chi connectivity index (χ1) is 17.2. The summed E-state index contributed by atoms with van der Waals surface area (Å²) < 4.78 is 57.1.